The molecule has 0 N–H and O–H groups in total. The maximum atomic E-state index is 11.3. The van der Waals surface area contributed by atoms with E-state index in [0.29, 0.717) is 6.61 Å². The molecular weight excluding hydrogens is 210 g/mol. The zero-order chi connectivity index (χ0) is 11.3. The number of hydrogen-bond donors (Lipinski definition) is 1. The highest BCUT2D eigenvalue weighted by molar-refractivity contribution is 7.81. The Kier molecular flexibility index (Phi) is 4.49. The summed E-state index contributed by atoms with van der Waals surface area (Å²) in [6, 6.07) is 7.40. The van der Waals surface area contributed by atoms with Gasteiger partial charge in [0, 0.05) is 12.7 Å². The van der Waals surface area contributed by atoms with E-state index >= 15 is 0 Å². The molecule has 0 aromatic heterocycles. The zero-order valence-corrected chi connectivity index (χ0v) is 9.83. The van der Waals surface area contributed by atoms with E-state index in [4.69, 9.17) is 4.74 Å². The summed E-state index contributed by atoms with van der Waals surface area (Å²) in [5, 5.41) is 0. The first-order valence-corrected chi connectivity index (χ1v) is 5.42. The number of carbonyl (C=O) groups excluding carboxylic acids is 1. The van der Waals surface area contributed by atoms with E-state index in [1.165, 1.54) is 0 Å². The Balaban J connectivity index is 2.75. The van der Waals surface area contributed by atoms with Crippen molar-refractivity contribution in [3.05, 3.63) is 24.3 Å². The van der Waals surface area contributed by atoms with Crippen LogP contribution in [0.3, 0.4) is 0 Å². The Labute approximate surface area is 95.4 Å². The predicted octanol–water partition coefficient (Wildman–Crippen LogP) is 1.98. The third-order valence-electron chi connectivity index (χ3n) is 2.04. The second-order valence-corrected chi connectivity index (χ2v) is 3.35. The minimum Gasteiger partial charge on any atom is -0.494 e. The van der Waals surface area contributed by atoms with E-state index in [1.807, 2.05) is 31.2 Å². The summed E-state index contributed by atoms with van der Waals surface area (Å²) in [6.07, 6.45) is 0. The molecule has 82 valence electrons. The van der Waals surface area contributed by atoms with Crippen LogP contribution in [0.1, 0.15) is 6.92 Å². The number of nitrogens with zero attached hydrogens (tertiary/aromatic N) is 1. The molecule has 0 bridgehead atoms. The summed E-state index contributed by atoms with van der Waals surface area (Å²) in [6.45, 7) is 2.58. The first-order chi connectivity index (χ1) is 7.19. The van der Waals surface area contributed by atoms with Crippen molar-refractivity contribution in [3.8, 4) is 5.75 Å². The fourth-order valence-corrected chi connectivity index (χ4v) is 1.39. The number of anilines is 1. The molecule has 0 aliphatic rings. The van der Waals surface area contributed by atoms with Gasteiger partial charge >= 0.3 is 0 Å². The van der Waals surface area contributed by atoms with Crippen molar-refractivity contribution in [2.45, 2.75) is 6.92 Å². The molecular formula is C11H15NO2S. The fourth-order valence-electron chi connectivity index (χ4n) is 1.18. The van der Waals surface area contributed by atoms with E-state index < -0.39 is 0 Å². The summed E-state index contributed by atoms with van der Waals surface area (Å²) >= 11 is 3.94. The SMILES string of the molecule is CCOc1ccc(N(C)C(=O)CS)cc1. The van der Waals surface area contributed by atoms with Crippen LogP contribution in [-0.4, -0.2) is 25.3 Å². The summed E-state index contributed by atoms with van der Waals surface area (Å²) in [4.78, 5) is 12.9. The van der Waals surface area contributed by atoms with Gasteiger partial charge in [0.1, 0.15) is 5.75 Å². The monoisotopic (exact) mass is 225 g/mol. The molecule has 3 nitrogen and oxygen atoms in total. The number of hydrogen-bond acceptors (Lipinski definition) is 3. The molecule has 0 atom stereocenters. The van der Waals surface area contributed by atoms with E-state index in [-0.39, 0.29) is 11.7 Å². The van der Waals surface area contributed by atoms with E-state index in [2.05, 4.69) is 12.6 Å². The second kappa shape index (κ2) is 5.66. The smallest absolute Gasteiger partial charge is 0.236 e. The van der Waals surface area contributed by atoms with E-state index in [9.17, 15) is 4.79 Å². The lowest BCUT2D eigenvalue weighted by Gasteiger charge is -2.16. The topological polar surface area (TPSA) is 29.5 Å². The first kappa shape index (κ1) is 11.9. The van der Waals surface area contributed by atoms with Crippen molar-refractivity contribution in [3.63, 3.8) is 0 Å². The lowest BCUT2D eigenvalue weighted by atomic mass is 10.3. The Bertz CT molecular complexity index is 324. The molecule has 0 fully saturated rings. The summed E-state index contributed by atoms with van der Waals surface area (Å²) < 4.78 is 5.31. The molecule has 0 unspecified atom stereocenters. The molecule has 0 spiro atoms. The van der Waals surface area contributed by atoms with Gasteiger partial charge in [-0.2, -0.15) is 12.6 Å². The highest BCUT2D eigenvalue weighted by Gasteiger charge is 2.08. The predicted molar refractivity (Wildman–Crippen MR) is 64.9 cm³/mol. The van der Waals surface area contributed by atoms with Gasteiger partial charge in [-0.1, -0.05) is 0 Å². The van der Waals surface area contributed by atoms with Crippen LogP contribution in [0.4, 0.5) is 5.69 Å². The average molecular weight is 225 g/mol. The zero-order valence-electron chi connectivity index (χ0n) is 8.93. The van der Waals surface area contributed by atoms with Crippen molar-refractivity contribution in [1.29, 1.82) is 0 Å². The van der Waals surface area contributed by atoms with Crippen LogP contribution >= 0.6 is 12.6 Å². The van der Waals surface area contributed by atoms with Gasteiger partial charge in [0.05, 0.1) is 12.4 Å². The minimum absolute atomic E-state index is 0.0255. The fraction of sp³-hybridized carbons (Fsp3) is 0.364. The normalized spacial score (nSPS) is 9.80. The van der Waals surface area contributed by atoms with Crippen LogP contribution in [0, 0.1) is 0 Å². The average Bonchev–Trinajstić information content (AvgIpc) is 2.28. The Morgan fingerprint density at radius 1 is 1.40 bits per heavy atom. The highest BCUT2D eigenvalue weighted by atomic mass is 32.1. The molecule has 1 amide bonds. The number of benzene rings is 1. The third-order valence-corrected chi connectivity index (χ3v) is 2.31. The summed E-state index contributed by atoms with van der Waals surface area (Å²) in [7, 11) is 1.73. The van der Waals surface area contributed by atoms with Gasteiger partial charge in [0.25, 0.3) is 0 Å². The molecule has 0 radical (unpaired) electrons. The van der Waals surface area contributed by atoms with Crippen molar-refractivity contribution in [2.24, 2.45) is 0 Å². The number of ether oxygens (including phenoxy) is 1. The summed E-state index contributed by atoms with van der Waals surface area (Å²) in [5.74, 6) is 0.999. The van der Waals surface area contributed by atoms with Crippen LogP contribution in [0.25, 0.3) is 0 Å². The standard InChI is InChI=1S/C11H15NO2S/c1-3-14-10-6-4-9(5-7-10)12(2)11(13)8-15/h4-7,15H,3,8H2,1-2H3. The minimum atomic E-state index is -0.0255. The van der Waals surface area contributed by atoms with Gasteiger partial charge in [-0.3, -0.25) is 4.79 Å². The van der Waals surface area contributed by atoms with E-state index in [0.717, 1.165) is 11.4 Å². The number of rotatable bonds is 4. The largest absolute Gasteiger partial charge is 0.494 e. The lowest BCUT2D eigenvalue weighted by molar-refractivity contribution is -0.115. The Morgan fingerprint density at radius 2 is 2.00 bits per heavy atom. The molecule has 0 aliphatic heterocycles. The number of amides is 1. The molecule has 0 aliphatic carbocycles. The number of thiol groups is 1. The molecule has 15 heavy (non-hydrogen) atoms. The van der Waals surface area contributed by atoms with E-state index in [1.54, 1.807) is 11.9 Å². The molecule has 0 saturated carbocycles. The van der Waals surface area contributed by atoms with Crippen LogP contribution in [0.2, 0.25) is 0 Å². The Morgan fingerprint density at radius 3 is 2.47 bits per heavy atom. The molecule has 1 aromatic rings. The molecule has 0 heterocycles. The van der Waals surface area contributed by atoms with Gasteiger partial charge in [-0.15, -0.1) is 0 Å². The maximum absolute atomic E-state index is 11.3. The third kappa shape index (κ3) is 3.16. The Hall–Kier alpha value is -1.16. The highest BCUT2D eigenvalue weighted by Crippen LogP contribution is 2.18. The van der Waals surface area contributed by atoms with Crippen LogP contribution in [0.5, 0.6) is 5.75 Å². The summed E-state index contributed by atoms with van der Waals surface area (Å²) in [5.41, 5.74) is 0.845. The first-order valence-electron chi connectivity index (χ1n) is 4.79. The molecule has 1 rings (SSSR count). The van der Waals surface area contributed by atoms with Crippen molar-refractivity contribution >= 4 is 24.2 Å². The number of carbonyl (C=O) groups is 1. The van der Waals surface area contributed by atoms with Crippen molar-refractivity contribution < 1.29 is 9.53 Å². The van der Waals surface area contributed by atoms with Crippen LogP contribution < -0.4 is 9.64 Å². The molecule has 0 saturated heterocycles. The van der Waals surface area contributed by atoms with Gasteiger partial charge in [-0.05, 0) is 31.2 Å². The second-order valence-electron chi connectivity index (χ2n) is 3.04. The quantitative estimate of drug-likeness (QED) is 0.794. The molecule has 4 heteroatoms. The van der Waals surface area contributed by atoms with Crippen molar-refractivity contribution in [1.82, 2.24) is 0 Å². The van der Waals surface area contributed by atoms with Gasteiger partial charge in [0.15, 0.2) is 0 Å². The van der Waals surface area contributed by atoms with Crippen molar-refractivity contribution in [2.75, 3.05) is 24.3 Å². The van der Waals surface area contributed by atoms with Crippen LogP contribution in [-0.2, 0) is 4.79 Å². The van der Waals surface area contributed by atoms with Gasteiger partial charge < -0.3 is 9.64 Å². The maximum Gasteiger partial charge on any atom is 0.236 e. The molecule has 1 aromatic carbocycles. The van der Waals surface area contributed by atoms with Crippen LogP contribution in [0.15, 0.2) is 24.3 Å². The van der Waals surface area contributed by atoms with Gasteiger partial charge in [0.2, 0.25) is 5.91 Å². The van der Waals surface area contributed by atoms with Gasteiger partial charge in [-0.25, -0.2) is 0 Å². The lowest BCUT2D eigenvalue weighted by Crippen LogP contribution is -2.27.